The van der Waals surface area contributed by atoms with Crippen molar-refractivity contribution < 1.29 is 18.7 Å². The Morgan fingerprint density at radius 3 is 2.42 bits per heavy atom. The van der Waals surface area contributed by atoms with Crippen molar-refractivity contribution in [2.45, 2.75) is 12.1 Å². The van der Waals surface area contributed by atoms with Gasteiger partial charge in [-0.05, 0) is 42.0 Å². The van der Waals surface area contributed by atoms with E-state index in [0.29, 0.717) is 5.75 Å². The fourth-order valence-electron chi connectivity index (χ4n) is 2.52. The smallest absolute Gasteiger partial charge is 0.258 e. The van der Waals surface area contributed by atoms with Gasteiger partial charge in [0.2, 0.25) is 0 Å². The summed E-state index contributed by atoms with van der Waals surface area (Å²) in [5.41, 5.74) is 6.48. The number of carbonyl (C=O) groups is 2. The zero-order valence-electron chi connectivity index (χ0n) is 12.9. The predicted octanol–water partition coefficient (Wildman–Crippen LogP) is 1.31. The maximum Gasteiger partial charge on any atom is 0.258 e. The molecule has 2 aromatic carbocycles. The zero-order valence-corrected chi connectivity index (χ0v) is 12.9. The van der Waals surface area contributed by atoms with Crippen molar-refractivity contribution >= 4 is 11.8 Å². The van der Waals surface area contributed by atoms with Gasteiger partial charge in [-0.15, -0.1) is 0 Å². The molecule has 1 aliphatic heterocycles. The highest BCUT2D eigenvalue weighted by molar-refractivity contribution is 5.98. The van der Waals surface area contributed by atoms with Crippen molar-refractivity contribution in [3.8, 4) is 5.75 Å². The number of amides is 2. The van der Waals surface area contributed by atoms with Crippen LogP contribution in [0.5, 0.6) is 5.75 Å². The predicted molar refractivity (Wildman–Crippen MR) is 84.7 cm³/mol. The van der Waals surface area contributed by atoms with Gasteiger partial charge in [0.15, 0.2) is 0 Å². The summed E-state index contributed by atoms with van der Waals surface area (Å²) in [6.07, 6.45) is 0. The first-order valence-corrected chi connectivity index (χ1v) is 7.34. The van der Waals surface area contributed by atoms with E-state index >= 15 is 0 Å². The van der Waals surface area contributed by atoms with Gasteiger partial charge in [-0.25, -0.2) is 9.82 Å². The maximum atomic E-state index is 12.9. The summed E-state index contributed by atoms with van der Waals surface area (Å²) in [5.74, 6) is -0.519. The minimum Gasteiger partial charge on any atom is -0.497 e. The molecule has 1 saturated heterocycles. The third kappa shape index (κ3) is 3.21. The number of rotatable bonds is 4. The molecule has 6 nitrogen and oxygen atoms in total. The molecule has 0 saturated carbocycles. The Balaban J connectivity index is 1.77. The fraction of sp³-hybridized carbons (Fsp3) is 0.176. The van der Waals surface area contributed by atoms with Crippen molar-refractivity contribution in [3.63, 3.8) is 0 Å². The van der Waals surface area contributed by atoms with Crippen LogP contribution in [-0.4, -0.2) is 25.0 Å². The second-order valence-corrected chi connectivity index (χ2v) is 5.34. The molecule has 24 heavy (non-hydrogen) atoms. The van der Waals surface area contributed by atoms with Gasteiger partial charge in [-0.3, -0.25) is 15.0 Å². The first-order chi connectivity index (χ1) is 11.6. The standard InChI is InChI=1S/C17H16FN3O3/c1-24-13-8-4-10(5-9-13)14-15(17(23)21-20-14)19-16(22)11-2-6-12(18)7-3-11/h2-9,14-15,20H,1H3,(H,19,22)(H,21,23)/t14-,15+/m0/s1. The number of ether oxygens (including phenoxy) is 1. The van der Waals surface area contributed by atoms with E-state index in [-0.39, 0.29) is 11.5 Å². The molecular formula is C17H16FN3O3. The minimum atomic E-state index is -0.782. The van der Waals surface area contributed by atoms with Gasteiger partial charge in [-0.1, -0.05) is 12.1 Å². The molecule has 1 fully saturated rings. The zero-order chi connectivity index (χ0) is 17.1. The SMILES string of the molecule is COc1ccc([C@@H]2NNC(=O)[C@@H]2NC(=O)c2ccc(F)cc2)cc1. The second-order valence-electron chi connectivity index (χ2n) is 5.34. The first-order valence-electron chi connectivity index (χ1n) is 7.34. The van der Waals surface area contributed by atoms with Crippen LogP contribution in [0.4, 0.5) is 4.39 Å². The molecule has 3 rings (SSSR count). The molecule has 1 heterocycles. The summed E-state index contributed by atoms with van der Waals surface area (Å²) in [7, 11) is 1.57. The lowest BCUT2D eigenvalue weighted by atomic mass is 10.00. The molecule has 0 aliphatic carbocycles. The lowest BCUT2D eigenvalue weighted by molar-refractivity contribution is -0.121. The largest absolute Gasteiger partial charge is 0.497 e. The van der Waals surface area contributed by atoms with Crippen LogP contribution in [0.3, 0.4) is 0 Å². The lowest BCUT2D eigenvalue weighted by Gasteiger charge is -2.18. The Morgan fingerprint density at radius 2 is 1.79 bits per heavy atom. The molecule has 7 heteroatoms. The Bertz CT molecular complexity index is 747. The molecule has 2 amide bonds. The quantitative estimate of drug-likeness (QED) is 0.790. The molecule has 0 spiro atoms. The van der Waals surface area contributed by atoms with E-state index in [1.807, 2.05) is 12.1 Å². The molecule has 3 N–H and O–H groups in total. The number of benzene rings is 2. The van der Waals surface area contributed by atoms with E-state index in [1.54, 1.807) is 19.2 Å². The van der Waals surface area contributed by atoms with Gasteiger partial charge in [0.1, 0.15) is 17.6 Å². The molecule has 1 aliphatic rings. The molecule has 2 aromatic rings. The van der Waals surface area contributed by atoms with Crippen molar-refractivity contribution in [3.05, 3.63) is 65.5 Å². The van der Waals surface area contributed by atoms with E-state index in [0.717, 1.165) is 5.56 Å². The van der Waals surface area contributed by atoms with Crippen LogP contribution in [0.2, 0.25) is 0 Å². The Labute approximate surface area is 138 Å². The van der Waals surface area contributed by atoms with Crippen LogP contribution >= 0.6 is 0 Å². The van der Waals surface area contributed by atoms with Crippen molar-refractivity contribution in [2.24, 2.45) is 0 Å². The monoisotopic (exact) mass is 329 g/mol. The molecule has 2 atom stereocenters. The summed E-state index contributed by atoms with van der Waals surface area (Å²) in [6, 6.07) is 11.1. The number of carbonyl (C=O) groups excluding carboxylic acids is 2. The average molecular weight is 329 g/mol. The Kier molecular flexibility index (Phi) is 4.43. The summed E-state index contributed by atoms with van der Waals surface area (Å²) >= 11 is 0. The number of hydrogen-bond donors (Lipinski definition) is 3. The summed E-state index contributed by atoms with van der Waals surface area (Å²) in [4.78, 5) is 24.3. The third-order valence-electron chi connectivity index (χ3n) is 3.83. The molecule has 0 radical (unpaired) electrons. The van der Waals surface area contributed by atoms with Crippen LogP contribution in [0.25, 0.3) is 0 Å². The molecule has 0 unspecified atom stereocenters. The number of halogens is 1. The highest BCUT2D eigenvalue weighted by Crippen LogP contribution is 2.23. The van der Waals surface area contributed by atoms with Crippen LogP contribution in [0, 0.1) is 5.82 Å². The van der Waals surface area contributed by atoms with E-state index in [1.165, 1.54) is 24.3 Å². The second kappa shape index (κ2) is 6.67. The van der Waals surface area contributed by atoms with Crippen LogP contribution in [-0.2, 0) is 4.79 Å². The van der Waals surface area contributed by atoms with Gasteiger partial charge in [0, 0.05) is 5.56 Å². The van der Waals surface area contributed by atoms with Gasteiger partial charge < -0.3 is 10.1 Å². The minimum absolute atomic E-state index is 0.282. The third-order valence-corrected chi connectivity index (χ3v) is 3.83. The lowest BCUT2D eigenvalue weighted by Crippen LogP contribution is -2.42. The maximum absolute atomic E-state index is 12.9. The summed E-state index contributed by atoms with van der Waals surface area (Å²) in [6.45, 7) is 0. The molecule has 0 aromatic heterocycles. The van der Waals surface area contributed by atoms with Crippen molar-refractivity contribution in [2.75, 3.05) is 7.11 Å². The van der Waals surface area contributed by atoms with E-state index in [9.17, 15) is 14.0 Å². The number of methoxy groups -OCH3 is 1. The van der Waals surface area contributed by atoms with Crippen LogP contribution < -0.4 is 20.9 Å². The number of hydrazine groups is 1. The van der Waals surface area contributed by atoms with E-state index in [2.05, 4.69) is 16.2 Å². The Morgan fingerprint density at radius 1 is 1.12 bits per heavy atom. The molecular weight excluding hydrogens is 313 g/mol. The summed E-state index contributed by atoms with van der Waals surface area (Å²) < 4.78 is 18.1. The molecule has 0 bridgehead atoms. The van der Waals surface area contributed by atoms with E-state index < -0.39 is 23.8 Å². The van der Waals surface area contributed by atoms with Gasteiger partial charge in [0.05, 0.1) is 13.2 Å². The average Bonchev–Trinajstić information content (AvgIpc) is 2.96. The summed E-state index contributed by atoms with van der Waals surface area (Å²) in [5, 5.41) is 2.67. The Hall–Kier alpha value is -2.93. The van der Waals surface area contributed by atoms with Gasteiger partial charge in [-0.2, -0.15) is 0 Å². The topological polar surface area (TPSA) is 79.5 Å². The number of nitrogens with one attached hydrogen (secondary N) is 3. The highest BCUT2D eigenvalue weighted by atomic mass is 19.1. The van der Waals surface area contributed by atoms with Gasteiger partial charge >= 0.3 is 0 Å². The van der Waals surface area contributed by atoms with Crippen molar-refractivity contribution in [1.29, 1.82) is 0 Å². The first kappa shape index (κ1) is 15.9. The van der Waals surface area contributed by atoms with Crippen LogP contribution in [0.15, 0.2) is 48.5 Å². The normalized spacial score (nSPS) is 19.7. The van der Waals surface area contributed by atoms with E-state index in [4.69, 9.17) is 4.74 Å². The van der Waals surface area contributed by atoms with Gasteiger partial charge in [0.25, 0.3) is 11.8 Å². The fourth-order valence-corrected chi connectivity index (χ4v) is 2.52. The number of hydrogen-bond acceptors (Lipinski definition) is 4. The highest BCUT2D eigenvalue weighted by Gasteiger charge is 2.36. The van der Waals surface area contributed by atoms with Crippen molar-refractivity contribution in [1.82, 2.24) is 16.2 Å². The van der Waals surface area contributed by atoms with Crippen LogP contribution in [0.1, 0.15) is 22.0 Å². The molecule has 124 valence electrons.